The molecule has 0 fully saturated rings. The number of hydrazine groups is 1. The van der Waals surface area contributed by atoms with Crippen molar-refractivity contribution < 1.29 is 14.8 Å². The molecule has 7 nitrogen and oxygen atoms in total. The molecule has 134 valence electrons. The molecule has 7 heteroatoms. The fourth-order valence-electron chi connectivity index (χ4n) is 2.91. The van der Waals surface area contributed by atoms with E-state index in [0.717, 1.165) is 23.4 Å². The van der Waals surface area contributed by atoms with Gasteiger partial charge in [-0.25, -0.2) is 20.9 Å². The van der Waals surface area contributed by atoms with Crippen LogP contribution in [0.4, 0.5) is 5.82 Å². The van der Waals surface area contributed by atoms with Crippen LogP contribution in [0.25, 0.3) is 0 Å². The maximum Gasteiger partial charge on any atom is 0.247 e. The van der Waals surface area contributed by atoms with Gasteiger partial charge in [-0.1, -0.05) is 27.2 Å². The Hall–Kier alpha value is -1.99. The third kappa shape index (κ3) is 5.90. The number of nitrogens with zero attached hydrogens (tertiary/aromatic N) is 3. The minimum absolute atomic E-state index is 0.102. The molecule has 0 radical (unpaired) electrons. The van der Waals surface area contributed by atoms with E-state index in [1.165, 1.54) is 0 Å². The molecule has 1 aromatic rings. The Balaban J connectivity index is 2.99. The van der Waals surface area contributed by atoms with Crippen LogP contribution in [0.2, 0.25) is 0 Å². The van der Waals surface area contributed by atoms with Crippen molar-refractivity contribution in [2.75, 3.05) is 11.6 Å². The number of amides is 2. The minimum atomic E-state index is -0.617. The third-order valence-corrected chi connectivity index (χ3v) is 3.99. The zero-order valence-electron chi connectivity index (χ0n) is 14.9. The highest BCUT2D eigenvalue weighted by atomic mass is 16.5. The van der Waals surface area contributed by atoms with Crippen LogP contribution in [0.3, 0.4) is 0 Å². The number of hydrogen-bond acceptors (Lipinski definition) is 5. The highest BCUT2D eigenvalue weighted by Crippen LogP contribution is 2.32. The molecular weight excluding hydrogens is 308 g/mol. The summed E-state index contributed by atoms with van der Waals surface area (Å²) in [6.07, 6.45) is 4.29. The van der Waals surface area contributed by atoms with E-state index in [9.17, 15) is 14.8 Å². The monoisotopic (exact) mass is 336 g/mol. The molecule has 0 aliphatic carbocycles. The number of hydroxylamine groups is 2. The van der Waals surface area contributed by atoms with Crippen molar-refractivity contribution in [2.24, 2.45) is 17.2 Å². The van der Waals surface area contributed by atoms with Crippen LogP contribution in [-0.2, 0) is 9.59 Å². The number of anilines is 1. The van der Waals surface area contributed by atoms with Crippen LogP contribution in [-0.4, -0.2) is 34.1 Å². The van der Waals surface area contributed by atoms with Gasteiger partial charge >= 0.3 is 0 Å². The molecule has 1 aromatic heterocycles. The number of nitrogens with two attached hydrogens (primary N) is 1. The van der Waals surface area contributed by atoms with Gasteiger partial charge in [0, 0.05) is 6.20 Å². The van der Waals surface area contributed by atoms with Crippen molar-refractivity contribution >= 4 is 18.1 Å². The molecule has 0 spiro atoms. The Morgan fingerprint density at radius 3 is 2.71 bits per heavy atom. The van der Waals surface area contributed by atoms with Gasteiger partial charge in [0.15, 0.2) is 0 Å². The first kappa shape index (κ1) is 20.1. The largest absolute Gasteiger partial charge is 0.286 e. The second-order valence-corrected chi connectivity index (χ2v) is 6.94. The summed E-state index contributed by atoms with van der Waals surface area (Å²) in [4.78, 5) is 27.7. The number of rotatable bonds is 9. The van der Waals surface area contributed by atoms with Crippen molar-refractivity contribution in [3.63, 3.8) is 0 Å². The van der Waals surface area contributed by atoms with Crippen LogP contribution in [0.15, 0.2) is 18.3 Å². The number of carbonyl (C=O) groups is 2. The molecule has 0 saturated heterocycles. The zero-order chi connectivity index (χ0) is 18.3. The summed E-state index contributed by atoms with van der Waals surface area (Å²) in [5.41, 5.74) is 0.822. The van der Waals surface area contributed by atoms with Gasteiger partial charge in [0.05, 0.1) is 12.5 Å². The molecule has 1 atom stereocenters. The van der Waals surface area contributed by atoms with Gasteiger partial charge in [0.1, 0.15) is 5.82 Å². The van der Waals surface area contributed by atoms with Crippen molar-refractivity contribution in [1.82, 2.24) is 10.0 Å². The Labute approximate surface area is 143 Å². The van der Waals surface area contributed by atoms with Crippen LogP contribution in [0.5, 0.6) is 0 Å². The standard InChI is InChI=1S/C17H28N4O3/c1-5-7-17(3,4)10-14(11-20(24)12-22)16(23)21(18)15-9-13(2)6-8-19-15/h6,8-9,12,14,24H,5,7,10-11,18H2,1-4H3/t14-/m0/s1. The van der Waals surface area contributed by atoms with Crippen LogP contribution >= 0.6 is 0 Å². The summed E-state index contributed by atoms with van der Waals surface area (Å²) < 4.78 is 0. The molecule has 24 heavy (non-hydrogen) atoms. The quantitative estimate of drug-likeness (QED) is 0.237. The molecule has 1 heterocycles. The zero-order valence-corrected chi connectivity index (χ0v) is 14.9. The summed E-state index contributed by atoms with van der Waals surface area (Å²) in [6, 6.07) is 3.52. The molecular formula is C17H28N4O3. The lowest BCUT2D eigenvalue weighted by atomic mass is 9.79. The van der Waals surface area contributed by atoms with Crippen molar-refractivity contribution in [1.29, 1.82) is 0 Å². The van der Waals surface area contributed by atoms with Gasteiger partial charge in [-0.05, 0) is 42.9 Å². The Morgan fingerprint density at radius 2 is 2.17 bits per heavy atom. The Kier molecular flexibility index (Phi) is 7.31. The maximum absolute atomic E-state index is 12.8. The average Bonchev–Trinajstić information content (AvgIpc) is 2.52. The summed E-state index contributed by atoms with van der Waals surface area (Å²) in [6.45, 7) is 7.98. The first-order valence-corrected chi connectivity index (χ1v) is 8.12. The first-order chi connectivity index (χ1) is 11.2. The molecule has 0 bridgehead atoms. The topological polar surface area (TPSA) is 99.8 Å². The molecule has 0 unspecified atom stereocenters. The Morgan fingerprint density at radius 1 is 1.50 bits per heavy atom. The van der Waals surface area contributed by atoms with Crippen LogP contribution < -0.4 is 10.9 Å². The van der Waals surface area contributed by atoms with Gasteiger partial charge in [0.2, 0.25) is 12.3 Å². The number of aryl methyl sites for hydroxylation is 1. The maximum atomic E-state index is 12.8. The van der Waals surface area contributed by atoms with Crippen molar-refractivity contribution in [2.45, 2.75) is 47.0 Å². The molecule has 0 aromatic carbocycles. The predicted octanol–water partition coefficient (Wildman–Crippen LogP) is 2.28. The van der Waals surface area contributed by atoms with Gasteiger partial charge in [0.25, 0.3) is 0 Å². The van der Waals surface area contributed by atoms with Crippen LogP contribution in [0.1, 0.15) is 45.6 Å². The smallest absolute Gasteiger partial charge is 0.247 e. The molecule has 3 N–H and O–H groups in total. The van der Waals surface area contributed by atoms with E-state index in [0.29, 0.717) is 23.7 Å². The van der Waals surface area contributed by atoms with Crippen molar-refractivity contribution in [3.05, 3.63) is 23.9 Å². The van der Waals surface area contributed by atoms with Crippen molar-refractivity contribution in [3.8, 4) is 0 Å². The van der Waals surface area contributed by atoms with Gasteiger partial charge in [-0.3, -0.25) is 14.8 Å². The predicted molar refractivity (Wildman–Crippen MR) is 92.0 cm³/mol. The molecule has 2 amide bonds. The van der Waals surface area contributed by atoms with E-state index in [1.807, 2.05) is 13.0 Å². The normalized spacial score (nSPS) is 12.6. The highest BCUT2D eigenvalue weighted by Gasteiger charge is 2.32. The summed E-state index contributed by atoms with van der Waals surface area (Å²) >= 11 is 0. The fourth-order valence-corrected chi connectivity index (χ4v) is 2.91. The number of carbonyl (C=O) groups excluding carboxylic acids is 2. The summed E-state index contributed by atoms with van der Waals surface area (Å²) in [5.74, 6) is 5.30. The SMILES string of the molecule is CCCC(C)(C)C[C@@H](CN(O)C=O)C(=O)N(N)c1cc(C)ccn1. The van der Waals surface area contributed by atoms with Gasteiger partial charge in [-0.15, -0.1) is 0 Å². The summed E-state index contributed by atoms with van der Waals surface area (Å²) in [7, 11) is 0. The highest BCUT2D eigenvalue weighted by molar-refractivity contribution is 5.93. The van der Waals surface area contributed by atoms with E-state index < -0.39 is 5.92 Å². The minimum Gasteiger partial charge on any atom is -0.286 e. The lowest BCUT2D eigenvalue weighted by Crippen LogP contribution is -2.46. The number of pyridine rings is 1. The van der Waals surface area contributed by atoms with E-state index in [-0.39, 0.29) is 17.9 Å². The third-order valence-electron chi connectivity index (χ3n) is 3.99. The number of aromatic nitrogens is 1. The lowest BCUT2D eigenvalue weighted by molar-refractivity contribution is -0.155. The molecule has 0 saturated carbocycles. The van der Waals surface area contributed by atoms with E-state index >= 15 is 0 Å². The molecule has 0 aliphatic rings. The second-order valence-electron chi connectivity index (χ2n) is 6.94. The van der Waals surface area contributed by atoms with E-state index in [1.54, 1.807) is 12.3 Å². The second kappa shape index (κ2) is 8.75. The summed E-state index contributed by atoms with van der Waals surface area (Å²) in [5, 5.41) is 11.0. The van der Waals surface area contributed by atoms with Crippen LogP contribution in [0, 0.1) is 18.3 Å². The Bertz CT molecular complexity index is 563. The number of hydrogen-bond donors (Lipinski definition) is 2. The molecule has 1 rings (SSSR count). The lowest BCUT2D eigenvalue weighted by Gasteiger charge is -2.31. The first-order valence-electron chi connectivity index (χ1n) is 8.12. The molecule has 0 aliphatic heterocycles. The fraction of sp³-hybridized carbons (Fsp3) is 0.588. The van der Waals surface area contributed by atoms with Gasteiger partial charge < -0.3 is 0 Å². The average molecular weight is 336 g/mol. The van der Waals surface area contributed by atoms with E-state index in [4.69, 9.17) is 5.84 Å². The van der Waals surface area contributed by atoms with E-state index in [2.05, 4.69) is 25.8 Å². The van der Waals surface area contributed by atoms with Gasteiger partial charge in [-0.2, -0.15) is 0 Å².